The molecule has 0 unspecified atom stereocenters. The summed E-state index contributed by atoms with van der Waals surface area (Å²) in [6, 6.07) is 7.74. The number of benzene rings is 1. The van der Waals surface area contributed by atoms with Gasteiger partial charge in [-0.15, -0.1) is 0 Å². The minimum atomic E-state index is -0.184. The molecule has 1 amide bonds. The molecule has 6 heteroatoms. The zero-order valence-electron chi connectivity index (χ0n) is 11.9. The van der Waals surface area contributed by atoms with Crippen molar-refractivity contribution in [3.63, 3.8) is 0 Å². The fourth-order valence-corrected chi connectivity index (χ4v) is 2.58. The van der Waals surface area contributed by atoms with Gasteiger partial charge in [0.15, 0.2) is 0 Å². The quantitative estimate of drug-likeness (QED) is 0.901. The lowest BCUT2D eigenvalue weighted by atomic mass is 10.1. The Hall–Kier alpha value is -2.21. The Labute approximate surface area is 123 Å². The zero-order valence-corrected chi connectivity index (χ0v) is 11.9. The van der Waals surface area contributed by atoms with E-state index in [4.69, 9.17) is 0 Å². The number of anilines is 1. The van der Waals surface area contributed by atoms with E-state index in [1.807, 2.05) is 24.3 Å². The number of carbonyl (C=O) groups excluding carboxylic acids is 1. The van der Waals surface area contributed by atoms with Gasteiger partial charge in [0.25, 0.3) is 5.91 Å². The molecule has 0 spiro atoms. The van der Waals surface area contributed by atoms with E-state index in [2.05, 4.69) is 25.4 Å². The fraction of sp³-hybridized carbons (Fsp3) is 0.400. The van der Waals surface area contributed by atoms with Gasteiger partial charge >= 0.3 is 0 Å². The van der Waals surface area contributed by atoms with Gasteiger partial charge in [0.1, 0.15) is 6.33 Å². The number of hydrogen-bond acceptors (Lipinski definition) is 4. The third kappa shape index (κ3) is 3.66. The molecule has 1 fully saturated rings. The number of aromatic amines is 1. The minimum Gasteiger partial charge on any atom is -0.299 e. The largest absolute Gasteiger partial charge is 0.299 e. The molecular weight excluding hydrogens is 266 g/mol. The minimum absolute atomic E-state index is 0.184. The van der Waals surface area contributed by atoms with Crippen LogP contribution >= 0.6 is 0 Å². The topological polar surface area (TPSA) is 73.9 Å². The van der Waals surface area contributed by atoms with E-state index in [0.29, 0.717) is 11.5 Å². The number of nitrogens with zero attached hydrogens (tertiary/aromatic N) is 3. The summed E-state index contributed by atoms with van der Waals surface area (Å²) >= 11 is 0. The highest BCUT2D eigenvalue weighted by Gasteiger charge is 2.11. The summed E-state index contributed by atoms with van der Waals surface area (Å²) in [5.41, 5.74) is 1.86. The van der Waals surface area contributed by atoms with Crippen LogP contribution in [-0.2, 0) is 6.54 Å². The van der Waals surface area contributed by atoms with Crippen molar-refractivity contribution in [3.05, 3.63) is 41.7 Å². The normalized spacial score (nSPS) is 15.8. The molecule has 0 bridgehead atoms. The third-order valence-corrected chi connectivity index (χ3v) is 3.72. The second-order valence-electron chi connectivity index (χ2n) is 5.32. The lowest BCUT2D eigenvalue weighted by Gasteiger charge is -2.26. The molecule has 6 nitrogen and oxygen atoms in total. The Bertz CT molecular complexity index is 573. The highest BCUT2D eigenvalue weighted by Crippen LogP contribution is 2.14. The van der Waals surface area contributed by atoms with Crippen molar-refractivity contribution in [1.29, 1.82) is 0 Å². The van der Waals surface area contributed by atoms with Gasteiger partial charge in [0, 0.05) is 12.1 Å². The van der Waals surface area contributed by atoms with Gasteiger partial charge in [0.2, 0.25) is 5.95 Å². The van der Waals surface area contributed by atoms with Crippen LogP contribution in [0.25, 0.3) is 0 Å². The Morgan fingerprint density at radius 1 is 1.19 bits per heavy atom. The lowest BCUT2D eigenvalue weighted by molar-refractivity contribution is 0.102. The third-order valence-electron chi connectivity index (χ3n) is 3.72. The molecule has 1 saturated heterocycles. The molecule has 2 heterocycles. The fourth-order valence-electron chi connectivity index (χ4n) is 2.58. The standard InChI is InChI=1S/C15H19N5O/c21-14(18-15-16-11-17-19-15)13-6-4-12(5-7-13)10-20-8-2-1-3-9-20/h4-7,11H,1-3,8-10H2,(H2,16,17,18,19,21). The first-order chi connectivity index (χ1) is 10.3. The smallest absolute Gasteiger partial charge is 0.258 e. The molecule has 2 aromatic rings. The van der Waals surface area contributed by atoms with Crippen LogP contribution in [0.4, 0.5) is 5.95 Å². The van der Waals surface area contributed by atoms with E-state index in [0.717, 1.165) is 6.54 Å². The number of carbonyl (C=O) groups is 1. The van der Waals surface area contributed by atoms with Gasteiger partial charge < -0.3 is 0 Å². The molecule has 0 atom stereocenters. The van der Waals surface area contributed by atoms with Crippen molar-refractivity contribution in [2.75, 3.05) is 18.4 Å². The van der Waals surface area contributed by atoms with Gasteiger partial charge in [-0.1, -0.05) is 18.6 Å². The first kappa shape index (κ1) is 13.8. The predicted octanol–water partition coefficient (Wildman–Crippen LogP) is 2.04. The van der Waals surface area contributed by atoms with Gasteiger partial charge in [0.05, 0.1) is 0 Å². The second-order valence-corrected chi connectivity index (χ2v) is 5.32. The number of amides is 1. The van der Waals surface area contributed by atoms with Crippen LogP contribution in [0.3, 0.4) is 0 Å². The predicted molar refractivity (Wildman–Crippen MR) is 79.9 cm³/mol. The van der Waals surface area contributed by atoms with Gasteiger partial charge in [-0.3, -0.25) is 15.0 Å². The second kappa shape index (κ2) is 6.49. The molecule has 2 N–H and O–H groups in total. The summed E-state index contributed by atoms with van der Waals surface area (Å²) in [6.07, 6.45) is 5.28. The Morgan fingerprint density at radius 3 is 2.62 bits per heavy atom. The van der Waals surface area contributed by atoms with E-state index < -0.39 is 0 Å². The summed E-state index contributed by atoms with van der Waals surface area (Å²) in [5.74, 6) is 0.175. The highest BCUT2D eigenvalue weighted by molar-refractivity contribution is 6.03. The van der Waals surface area contributed by atoms with E-state index in [1.165, 1.54) is 44.2 Å². The average Bonchev–Trinajstić information content (AvgIpc) is 3.02. The van der Waals surface area contributed by atoms with Crippen LogP contribution in [-0.4, -0.2) is 39.1 Å². The van der Waals surface area contributed by atoms with Gasteiger partial charge in [-0.25, -0.2) is 5.10 Å². The molecule has 3 rings (SSSR count). The maximum atomic E-state index is 12.0. The number of nitrogens with one attached hydrogen (secondary N) is 2. The SMILES string of the molecule is O=C(Nc1ncn[nH]1)c1ccc(CN2CCCCC2)cc1. The van der Waals surface area contributed by atoms with Crippen LogP contribution in [0.15, 0.2) is 30.6 Å². The molecule has 1 aliphatic rings. The van der Waals surface area contributed by atoms with E-state index in [1.54, 1.807) is 0 Å². The Kier molecular flexibility index (Phi) is 4.25. The summed E-state index contributed by atoms with van der Waals surface area (Å²) in [4.78, 5) is 18.3. The zero-order chi connectivity index (χ0) is 14.5. The summed E-state index contributed by atoms with van der Waals surface area (Å²) < 4.78 is 0. The summed E-state index contributed by atoms with van der Waals surface area (Å²) in [5, 5.41) is 8.96. The van der Waals surface area contributed by atoms with Crippen molar-refractivity contribution in [1.82, 2.24) is 20.1 Å². The lowest BCUT2D eigenvalue weighted by Crippen LogP contribution is -2.29. The maximum absolute atomic E-state index is 12.0. The van der Waals surface area contributed by atoms with Crippen LogP contribution in [0, 0.1) is 0 Å². The van der Waals surface area contributed by atoms with E-state index in [9.17, 15) is 4.79 Å². The summed E-state index contributed by atoms with van der Waals surface area (Å²) in [6.45, 7) is 3.31. The molecule has 0 saturated carbocycles. The molecule has 1 aromatic carbocycles. The Morgan fingerprint density at radius 2 is 1.95 bits per heavy atom. The molecule has 1 aromatic heterocycles. The monoisotopic (exact) mass is 285 g/mol. The number of piperidine rings is 1. The Balaban J connectivity index is 1.59. The van der Waals surface area contributed by atoms with Gasteiger partial charge in [-0.2, -0.15) is 10.1 Å². The van der Waals surface area contributed by atoms with E-state index in [-0.39, 0.29) is 5.91 Å². The molecular formula is C15H19N5O. The maximum Gasteiger partial charge on any atom is 0.258 e. The van der Waals surface area contributed by atoms with Crippen LogP contribution in [0.5, 0.6) is 0 Å². The molecule has 21 heavy (non-hydrogen) atoms. The van der Waals surface area contributed by atoms with E-state index >= 15 is 0 Å². The average molecular weight is 285 g/mol. The van der Waals surface area contributed by atoms with Crippen LogP contribution in [0.2, 0.25) is 0 Å². The number of hydrogen-bond donors (Lipinski definition) is 2. The molecule has 0 radical (unpaired) electrons. The van der Waals surface area contributed by atoms with Crippen LogP contribution < -0.4 is 5.32 Å². The molecule has 1 aliphatic heterocycles. The van der Waals surface area contributed by atoms with Crippen molar-refractivity contribution < 1.29 is 4.79 Å². The van der Waals surface area contributed by atoms with Gasteiger partial charge in [-0.05, 0) is 43.6 Å². The number of H-pyrrole nitrogens is 1. The number of rotatable bonds is 4. The number of aromatic nitrogens is 3. The van der Waals surface area contributed by atoms with Crippen LogP contribution in [0.1, 0.15) is 35.2 Å². The van der Waals surface area contributed by atoms with Crippen molar-refractivity contribution in [2.45, 2.75) is 25.8 Å². The van der Waals surface area contributed by atoms with Crippen molar-refractivity contribution in [3.8, 4) is 0 Å². The molecule has 0 aliphatic carbocycles. The molecule has 110 valence electrons. The first-order valence-electron chi connectivity index (χ1n) is 7.29. The highest BCUT2D eigenvalue weighted by atomic mass is 16.1. The number of likely N-dealkylation sites (tertiary alicyclic amines) is 1. The van der Waals surface area contributed by atoms with Crippen molar-refractivity contribution in [2.24, 2.45) is 0 Å². The summed E-state index contributed by atoms with van der Waals surface area (Å²) in [7, 11) is 0. The van der Waals surface area contributed by atoms with Crippen molar-refractivity contribution >= 4 is 11.9 Å². The first-order valence-corrected chi connectivity index (χ1v) is 7.29.